The third-order valence-electron chi connectivity index (χ3n) is 10.5. The third-order valence-corrected chi connectivity index (χ3v) is 10.5. The fourth-order valence-corrected chi connectivity index (χ4v) is 8.68. The lowest BCUT2D eigenvalue weighted by atomic mass is 9.48. The van der Waals surface area contributed by atoms with Gasteiger partial charge in [0.2, 0.25) is 0 Å². The van der Waals surface area contributed by atoms with Crippen molar-refractivity contribution in [3.8, 4) is 23.3 Å². The van der Waals surface area contributed by atoms with Gasteiger partial charge < -0.3 is 19.5 Å². The number of ether oxygens (including phenoxy) is 2. The molecule has 3 aliphatic carbocycles. The van der Waals surface area contributed by atoms with E-state index in [2.05, 4.69) is 36.7 Å². The van der Waals surface area contributed by atoms with Crippen molar-refractivity contribution in [2.45, 2.75) is 95.4 Å². The van der Waals surface area contributed by atoms with Crippen LogP contribution in [0.5, 0.6) is 11.5 Å². The summed E-state index contributed by atoms with van der Waals surface area (Å²) in [5, 5.41) is 12.9. The lowest BCUT2D eigenvalue weighted by Gasteiger charge is -2.64. The normalized spacial score (nSPS) is 30.1. The van der Waals surface area contributed by atoms with Gasteiger partial charge in [-0.1, -0.05) is 38.0 Å². The van der Waals surface area contributed by atoms with Crippen molar-refractivity contribution in [1.82, 2.24) is 9.80 Å². The average molecular weight is 583 g/mol. The SMILES string of the molecule is CC(=O)Oc1ccc2c3c1O[C@H]1[C@@H](N(CC(C)C)C(=O)C#Cc4cccc(C)c4)CC[C@@]4(O)[C@@H](C2)N(CC2CC2)CC[C@]314. The molecule has 5 aliphatic rings. The van der Waals surface area contributed by atoms with Gasteiger partial charge in [0.1, 0.15) is 6.10 Å². The first kappa shape index (κ1) is 28.4. The molecule has 3 fully saturated rings. The van der Waals surface area contributed by atoms with Gasteiger partial charge in [-0.05, 0) is 93.2 Å². The minimum Gasteiger partial charge on any atom is -0.483 e. The highest BCUT2D eigenvalue weighted by atomic mass is 16.6. The summed E-state index contributed by atoms with van der Waals surface area (Å²) >= 11 is 0. The lowest BCUT2D eigenvalue weighted by molar-refractivity contribution is -0.201. The summed E-state index contributed by atoms with van der Waals surface area (Å²) < 4.78 is 12.6. The molecule has 0 radical (unpaired) electrons. The Kier molecular flexibility index (Phi) is 6.87. The Bertz CT molecular complexity index is 1540. The molecule has 7 rings (SSSR count). The molecule has 2 aromatic carbocycles. The van der Waals surface area contributed by atoms with Gasteiger partial charge in [0.05, 0.1) is 17.1 Å². The van der Waals surface area contributed by atoms with E-state index in [1.54, 1.807) is 0 Å². The average Bonchev–Trinajstić information content (AvgIpc) is 3.70. The highest BCUT2D eigenvalue weighted by Crippen LogP contribution is 2.66. The number of rotatable bonds is 6. The molecule has 1 amide bonds. The number of piperidine rings is 1. The number of hydrogen-bond acceptors (Lipinski definition) is 6. The van der Waals surface area contributed by atoms with Crippen LogP contribution in [0.1, 0.15) is 75.1 Å². The summed E-state index contributed by atoms with van der Waals surface area (Å²) in [5.41, 5.74) is 2.36. The summed E-state index contributed by atoms with van der Waals surface area (Å²) in [6.07, 6.45) is 4.74. The smallest absolute Gasteiger partial charge is 0.308 e. The van der Waals surface area contributed by atoms with Crippen LogP contribution in [-0.2, 0) is 21.4 Å². The first-order chi connectivity index (χ1) is 20.6. The van der Waals surface area contributed by atoms with Crippen LogP contribution in [0.3, 0.4) is 0 Å². The highest BCUT2D eigenvalue weighted by Gasteiger charge is 2.73. The second-order valence-electron chi connectivity index (χ2n) is 13.9. The fraction of sp³-hybridized carbons (Fsp3) is 0.556. The van der Waals surface area contributed by atoms with Gasteiger partial charge in [0.15, 0.2) is 11.5 Å². The molecular weight excluding hydrogens is 540 g/mol. The van der Waals surface area contributed by atoms with Crippen LogP contribution in [0, 0.1) is 30.6 Å². The van der Waals surface area contributed by atoms with E-state index >= 15 is 0 Å². The molecule has 2 heterocycles. The van der Waals surface area contributed by atoms with Crippen LogP contribution < -0.4 is 9.47 Å². The zero-order valence-electron chi connectivity index (χ0n) is 25.7. The monoisotopic (exact) mass is 582 g/mol. The molecule has 2 aliphatic heterocycles. The van der Waals surface area contributed by atoms with Gasteiger partial charge in [-0.2, -0.15) is 0 Å². The van der Waals surface area contributed by atoms with Crippen LogP contribution in [0.2, 0.25) is 0 Å². The Morgan fingerprint density at radius 2 is 2.00 bits per heavy atom. The largest absolute Gasteiger partial charge is 0.483 e. The number of hydrogen-bond donors (Lipinski definition) is 1. The van der Waals surface area contributed by atoms with Crippen molar-refractivity contribution >= 4 is 11.9 Å². The van der Waals surface area contributed by atoms with Crippen molar-refractivity contribution in [2.75, 3.05) is 19.6 Å². The molecule has 5 atom stereocenters. The zero-order valence-corrected chi connectivity index (χ0v) is 25.7. The number of benzene rings is 2. The minimum atomic E-state index is -1.01. The maximum Gasteiger partial charge on any atom is 0.308 e. The summed E-state index contributed by atoms with van der Waals surface area (Å²) in [6, 6.07) is 11.5. The Morgan fingerprint density at radius 1 is 1.19 bits per heavy atom. The van der Waals surface area contributed by atoms with Crippen LogP contribution in [0.4, 0.5) is 0 Å². The number of carbonyl (C=O) groups excluding carboxylic acids is 2. The van der Waals surface area contributed by atoms with E-state index in [4.69, 9.17) is 9.47 Å². The van der Waals surface area contributed by atoms with Gasteiger partial charge in [-0.15, -0.1) is 0 Å². The first-order valence-electron chi connectivity index (χ1n) is 16.0. The van der Waals surface area contributed by atoms with Crippen molar-refractivity contribution in [3.63, 3.8) is 0 Å². The van der Waals surface area contributed by atoms with E-state index in [0.717, 1.165) is 54.1 Å². The number of carbonyl (C=O) groups is 2. The highest BCUT2D eigenvalue weighted by molar-refractivity contribution is 5.94. The maximum absolute atomic E-state index is 14.0. The quantitative estimate of drug-likeness (QED) is 0.309. The van der Waals surface area contributed by atoms with Crippen molar-refractivity contribution in [2.24, 2.45) is 11.8 Å². The van der Waals surface area contributed by atoms with Crippen LogP contribution in [-0.4, -0.2) is 70.2 Å². The number of likely N-dealkylation sites (tertiary alicyclic amines) is 1. The first-order valence-corrected chi connectivity index (χ1v) is 16.0. The topological polar surface area (TPSA) is 79.3 Å². The minimum absolute atomic E-state index is 0.0118. The van der Waals surface area contributed by atoms with Gasteiger partial charge in [-0.25, -0.2) is 0 Å². The molecule has 1 saturated heterocycles. The van der Waals surface area contributed by atoms with E-state index in [0.29, 0.717) is 30.9 Å². The predicted octanol–water partition coefficient (Wildman–Crippen LogP) is 4.39. The molecule has 226 valence electrons. The van der Waals surface area contributed by atoms with E-state index in [9.17, 15) is 14.7 Å². The van der Waals surface area contributed by atoms with Crippen molar-refractivity contribution in [3.05, 3.63) is 58.7 Å². The molecule has 0 aromatic heterocycles. The molecule has 7 nitrogen and oxygen atoms in total. The third kappa shape index (κ3) is 4.57. The second-order valence-corrected chi connectivity index (χ2v) is 13.9. The summed E-state index contributed by atoms with van der Waals surface area (Å²) in [4.78, 5) is 30.5. The Hall–Kier alpha value is -3.34. The molecule has 0 unspecified atom stereocenters. The number of aryl methyl sites for hydroxylation is 1. The molecule has 2 bridgehead atoms. The van der Waals surface area contributed by atoms with Crippen molar-refractivity contribution in [1.29, 1.82) is 0 Å². The summed E-state index contributed by atoms with van der Waals surface area (Å²) in [7, 11) is 0. The van der Waals surface area contributed by atoms with E-state index in [1.165, 1.54) is 19.8 Å². The molecule has 43 heavy (non-hydrogen) atoms. The van der Waals surface area contributed by atoms with Gasteiger partial charge >= 0.3 is 5.97 Å². The number of aliphatic hydroxyl groups is 1. The van der Waals surface area contributed by atoms with E-state index in [1.807, 2.05) is 42.2 Å². The van der Waals surface area contributed by atoms with Gasteiger partial charge in [-0.3, -0.25) is 14.5 Å². The number of amides is 1. The number of nitrogens with zero attached hydrogens (tertiary/aromatic N) is 2. The molecule has 2 saturated carbocycles. The predicted molar refractivity (Wildman–Crippen MR) is 163 cm³/mol. The second kappa shape index (κ2) is 10.4. The molecule has 7 heteroatoms. The van der Waals surface area contributed by atoms with Gasteiger partial charge in [0.25, 0.3) is 5.91 Å². The van der Waals surface area contributed by atoms with Gasteiger partial charge in [0, 0.05) is 43.1 Å². The van der Waals surface area contributed by atoms with E-state index in [-0.39, 0.29) is 23.9 Å². The van der Waals surface area contributed by atoms with Crippen LogP contribution >= 0.6 is 0 Å². The zero-order chi connectivity index (χ0) is 30.1. The standard InChI is InChI=1S/C36H42N2O5/c1-22(2)20-38(31(40)13-10-25-7-5-6-23(3)18-25)28-14-15-36(41)30-19-27-11-12-29(42-24(4)39)33-32(27)35(36,34(28)43-33)16-17-37(30)21-26-8-9-26/h5-7,11-12,18,22,26,28,30,34,41H,8-9,14-17,19-21H2,1-4H3/t28-,30+,34-,35-,36+/m0/s1. The lowest BCUT2D eigenvalue weighted by Crippen LogP contribution is -2.78. The summed E-state index contributed by atoms with van der Waals surface area (Å²) in [5.74, 6) is 7.32. The maximum atomic E-state index is 14.0. The molecular formula is C36H42N2O5. The Labute approximate surface area is 254 Å². The Balaban J connectivity index is 1.32. The van der Waals surface area contributed by atoms with E-state index < -0.39 is 23.1 Å². The molecule has 1 spiro atoms. The number of esters is 1. The fourth-order valence-electron chi connectivity index (χ4n) is 8.68. The molecule has 2 aromatic rings. The molecule has 1 N–H and O–H groups in total. The van der Waals surface area contributed by atoms with Crippen molar-refractivity contribution < 1.29 is 24.2 Å². The Morgan fingerprint density at radius 3 is 2.72 bits per heavy atom. The van der Waals surface area contributed by atoms with Crippen LogP contribution in [0.25, 0.3) is 0 Å². The van der Waals surface area contributed by atoms with Crippen LogP contribution in [0.15, 0.2) is 36.4 Å². The summed E-state index contributed by atoms with van der Waals surface area (Å²) in [6.45, 7) is 10.1.